The molecular weight excluding hydrogens is 214 g/mol. The molecule has 0 unspecified atom stereocenters. The normalized spacial score (nSPS) is 12.0. The zero-order valence-electron chi connectivity index (χ0n) is 9.14. The number of aryl methyl sites for hydroxylation is 1. The third-order valence-corrected chi connectivity index (χ3v) is 4.48. The van der Waals surface area contributed by atoms with Gasteiger partial charge in [-0.1, -0.05) is 13.8 Å². The van der Waals surface area contributed by atoms with Crippen molar-refractivity contribution >= 4 is 22.9 Å². The highest BCUT2D eigenvalue weighted by Gasteiger charge is 2.26. The minimum Gasteiger partial charge on any atom is -0.250 e. The molecule has 0 aliphatic heterocycles. The summed E-state index contributed by atoms with van der Waals surface area (Å²) in [5.41, 5.74) is 0.278. The summed E-state index contributed by atoms with van der Waals surface area (Å²) in [6.07, 6.45) is 5.36. The second-order valence-electron chi connectivity index (χ2n) is 3.86. The monoisotopic (exact) mass is 231 g/mol. The van der Waals surface area contributed by atoms with Crippen molar-refractivity contribution in [1.82, 2.24) is 4.98 Å². The standard InChI is InChI=1S/C11H18ClNS/c1-4-11(5-2,8-12)6-10-7-13-9(3)14-10/h7H,4-6,8H2,1-3H3. The van der Waals surface area contributed by atoms with Crippen LogP contribution in [0.3, 0.4) is 0 Å². The van der Waals surface area contributed by atoms with E-state index in [1.807, 2.05) is 6.20 Å². The van der Waals surface area contributed by atoms with Gasteiger partial charge in [0.05, 0.1) is 5.01 Å². The van der Waals surface area contributed by atoms with Gasteiger partial charge in [0.2, 0.25) is 0 Å². The molecule has 0 bridgehead atoms. The summed E-state index contributed by atoms with van der Waals surface area (Å²) in [4.78, 5) is 5.65. The molecule has 0 amide bonds. The van der Waals surface area contributed by atoms with E-state index in [2.05, 4.69) is 25.8 Å². The van der Waals surface area contributed by atoms with Gasteiger partial charge in [-0.15, -0.1) is 22.9 Å². The van der Waals surface area contributed by atoms with Gasteiger partial charge in [0.25, 0.3) is 0 Å². The van der Waals surface area contributed by atoms with Gasteiger partial charge >= 0.3 is 0 Å². The van der Waals surface area contributed by atoms with E-state index >= 15 is 0 Å². The van der Waals surface area contributed by atoms with Crippen molar-refractivity contribution < 1.29 is 0 Å². The van der Waals surface area contributed by atoms with Crippen molar-refractivity contribution in [3.63, 3.8) is 0 Å². The number of alkyl halides is 1. The molecule has 0 atom stereocenters. The summed E-state index contributed by atoms with van der Waals surface area (Å²) in [5.74, 6) is 0.747. The highest BCUT2D eigenvalue weighted by atomic mass is 35.5. The number of hydrogen-bond acceptors (Lipinski definition) is 2. The molecule has 1 nitrogen and oxygen atoms in total. The predicted octanol–water partition coefficient (Wildman–Crippen LogP) is 4.04. The van der Waals surface area contributed by atoms with Crippen LogP contribution in [0.25, 0.3) is 0 Å². The van der Waals surface area contributed by atoms with Crippen LogP contribution >= 0.6 is 22.9 Å². The zero-order chi connectivity index (χ0) is 10.6. The van der Waals surface area contributed by atoms with Gasteiger partial charge in [-0.2, -0.15) is 0 Å². The first-order valence-corrected chi connectivity index (χ1v) is 6.48. The molecule has 1 rings (SSSR count). The summed E-state index contributed by atoms with van der Waals surface area (Å²) in [5, 5.41) is 1.15. The maximum atomic E-state index is 6.07. The molecule has 0 aliphatic rings. The quantitative estimate of drug-likeness (QED) is 0.697. The topological polar surface area (TPSA) is 12.9 Å². The third-order valence-electron chi connectivity index (χ3n) is 3.00. The minimum absolute atomic E-state index is 0.278. The molecular formula is C11H18ClNS. The second-order valence-corrected chi connectivity index (χ2v) is 5.45. The molecule has 1 aromatic rings. The summed E-state index contributed by atoms with van der Waals surface area (Å²) in [6.45, 7) is 6.49. The van der Waals surface area contributed by atoms with E-state index in [1.165, 1.54) is 4.88 Å². The molecule has 0 aliphatic carbocycles. The summed E-state index contributed by atoms with van der Waals surface area (Å²) >= 11 is 7.86. The second kappa shape index (κ2) is 5.13. The van der Waals surface area contributed by atoms with Crippen molar-refractivity contribution in [3.05, 3.63) is 16.1 Å². The van der Waals surface area contributed by atoms with Crippen LogP contribution in [-0.2, 0) is 6.42 Å². The Balaban J connectivity index is 2.73. The number of thiazole rings is 1. The molecule has 0 N–H and O–H groups in total. The molecule has 0 radical (unpaired) electrons. The zero-order valence-corrected chi connectivity index (χ0v) is 10.7. The lowest BCUT2D eigenvalue weighted by atomic mass is 9.81. The van der Waals surface area contributed by atoms with Crippen molar-refractivity contribution in [2.45, 2.75) is 40.0 Å². The van der Waals surface area contributed by atoms with Gasteiger partial charge in [0, 0.05) is 17.0 Å². The van der Waals surface area contributed by atoms with Gasteiger partial charge in [0.15, 0.2) is 0 Å². The molecule has 80 valence electrons. The van der Waals surface area contributed by atoms with E-state index in [9.17, 15) is 0 Å². The minimum atomic E-state index is 0.278. The Morgan fingerprint density at radius 3 is 2.43 bits per heavy atom. The molecule has 3 heteroatoms. The molecule has 0 saturated heterocycles. The van der Waals surface area contributed by atoms with Crippen molar-refractivity contribution in [3.8, 4) is 0 Å². The van der Waals surface area contributed by atoms with Crippen LogP contribution in [0.15, 0.2) is 6.20 Å². The van der Waals surface area contributed by atoms with E-state index < -0.39 is 0 Å². The van der Waals surface area contributed by atoms with Gasteiger partial charge in [-0.25, -0.2) is 4.98 Å². The van der Waals surface area contributed by atoms with E-state index in [-0.39, 0.29) is 5.41 Å². The predicted molar refractivity (Wildman–Crippen MR) is 64.3 cm³/mol. The molecule has 14 heavy (non-hydrogen) atoms. The Labute approximate surface area is 95.5 Å². The highest BCUT2D eigenvalue weighted by molar-refractivity contribution is 7.11. The van der Waals surface area contributed by atoms with Gasteiger partial charge < -0.3 is 0 Å². The fraction of sp³-hybridized carbons (Fsp3) is 0.727. The van der Waals surface area contributed by atoms with Gasteiger partial charge in [-0.05, 0) is 31.6 Å². The lowest BCUT2D eigenvalue weighted by Gasteiger charge is -2.28. The Bertz CT molecular complexity index is 270. The first kappa shape index (κ1) is 12.0. The largest absolute Gasteiger partial charge is 0.250 e. The van der Waals surface area contributed by atoms with Crippen LogP contribution in [-0.4, -0.2) is 10.9 Å². The molecule has 0 saturated carbocycles. The lowest BCUT2D eigenvalue weighted by molar-refractivity contribution is 0.304. The van der Waals surface area contributed by atoms with E-state index in [4.69, 9.17) is 11.6 Å². The molecule has 1 heterocycles. The fourth-order valence-electron chi connectivity index (χ4n) is 1.59. The lowest BCUT2D eigenvalue weighted by Crippen LogP contribution is -2.23. The van der Waals surface area contributed by atoms with Crippen LogP contribution in [0.4, 0.5) is 0 Å². The Kier molecular flexibility index (Phi) is 4.39. The fourth-order valence-corrected chi connectivity index (χ4v) is 3.03. The number of halogens is 1. The van der Waals surface area contributed by atoms with Gasteiger partial charge in [-0.3, -0.25) is 0 Å². The summed E-state index contributed by atoms with van der Waals surface area (Å²) < 4.78 is 0. The Morgan fingerprint density at radius 2 is 2.07 bits per heavy atom. The SMILES string of the molecule is CCC(CC)(CCl)Cc1cnc(C)s1. The highest BCUT2D eigenvalue weighted by Crippen LogP contribution is 2.33. The first-order chi connectivity index (χ1) is 6.65. The van der Waals surface area contributed by atoms with Crippen molar-refractivity contribution in [2.75, 3.05) is 5.88 Å². The van der Waals surface area contributed by atoms with E-state index in [1.54, 1.807) is 11.3 Å². The van der Waals surface area contributed by atoms with Crippen molar-refractivity contribution in [2.24, 2.45) is 5.41 Å². The van der Waals surface area contributed by atoms with E-state index in [0.29, 0.717) is 0 Å². The number of hydrogen-bond donors (Lipinski definition) is 0. The van der Waals surface area contributed by atoms with Gasteiger partial charge in [0.1, 0.15) is 0 Å². The van der Waals surface area contributed by atoms with Crippen LogP contribution in [0, 0.1) is 12.3 Å². The van der Waals surface area contributed by atoms with Crippen LogP contribution in [0.5, 0.6) is 0 Å². The maximum absolute atomic E-state index is 6.07. The molecule has 0 aromatic carbocycles. The number of aromatic nitrogens is 1. The number of nitrogens with zero attached hydrogens (tertiary/aromatic N) is 1. The van der Waals surface area contributed by atoms with Crippen LogP contribution in [0.1, 0.15) is 36.6 Å². The van der Waals surface area contributed by atoms with Crippen molar-refractivity contribution in [1.29, 1.82) is 0 Å². The molecule has 0 fully saturated rings. The molecule has 0 spiro atoms. The summed E-state index contributed by atoms with van der Waals surface area (Å²) in [7, 11) is 0. The maximum Gasteiger partial charge on any atom is 0.0896 e. The van der Waals surface area contributed by atoms with E-state index in [0.717, 1.165) is 30.2 Å². The Hall–Kier alpha value is -0.0800. The van der Waals surface area contributed by atoms with Crippen LogP contribution in [0.2, 0.25) is 0 Å². The average Bonchev–Trinajstić information content (AvgIpc) is 2.61. The number of rotatable bonds is 5. The summed E-state index contributed by atoms with van der Waals surface area (Å²) in [6, 6.07) is 0. The smallest absolute Gasteiger partial charge is 0.0896 e. The molecule has 1 aromatic heterocycles. The Morgan fingerprint density at radius 1 is 1.43 bits per heavy atom. The first-order valence-electron chi connectivity index (χ1n) is 5.13. The van der Waals surface area contributed by atoms with Crippen LogP contribution < -0.4 is 0 Å². The average molecular weight is 232 g/mol. The third kappa shape index (κ3) is 2.71.